The standard InChI is InChI=1S/C15H16ClNO2/c1-17-9-11-6-7-13(8-14(11)16)19-15-5-3-2-4-12(15)10-18/h2-8,17-18H,9-10H2,1H3. The molecule has 2 rings (SSSR count). The van der Waals surface area contributed by atoms with Crippen LogP contribution in [0.2, 0.25) is 5.02 Å². The van der Waals surface area contributed by atoms with Crippen LogP contribution in [-0.4, -0.2) is 12.2 Å². The van der Waals surface area contributed by atoms with Crippen molar-refractivity contribution in [1.29, 1.82) is 0 Å². The largest absolute Gasteiger partial charge is 0.457 e. The Labute approximate surface area is 117 Å². The Morgan fingerprint density at radius 3 is 2.63 bits per heavy atom. The maximum absolute atomic E-state index is 9.25. The summed E-state index contributed by atoms with van der Waals surface area (Å²) in [5.41, 5.74) is 1.77. The van der Waals surface area contributed by atoms with Gasteiger partial charge in [-0.05, 0) is 30.8 Å². The van der Waals surface area contributed by atoms with Crippen molar-refractivity contribution in [2.45, 2.75) is 13.2 Å². The smallest absolute Gasteiger partial charge is 0.132 e. The molecule has 2 aromatic rings. The minimum Gasteiger partial charge on any atom is -0.457 e. The van der Waals surface area contributed by atoms with E-state index in [1.54, 1.807) is 6.07 Å². The van der Waals surface area contributed by atoms with Gasteiger partial charge in [0.05, 0.1) is 6.61 Å². The summed E-state index contributed by atoms with van der Waals surface area (Å²) < 4.78 is 5.75. The van der Waals surface area contributed by atoms with Crippen LogP contribution in [0.4, 0.5) is 0 Å². The SMILES string of the molecule is CNCc1ccc(Oc2ccccc2CO)cc1Cl. The number of ether oxygens (including phenoxy) is 1. The molecule has 4 heteroatoms. The van der Waals surface area contributed by atoms with Gasteiger partial charge in [0, 0.05) is 17.1 Å². The van der Waals surface area contributed by atoms with Crippen molar-refractivity contribution < 1.29 is 9.84 Å². The summed E-state index contributed by atoms with van der Waals surface area (Å²) in [5.74, 6) is 1.30. The molecule has 2 N–H and O–H groups in total. The van der Waals surface area contributed by atoms with Gasteiger partial charge in [-0.15, -0.1) is 0 Å². The number of halogens is 1. The normalized spacial score (nSPS) is 10.5. The maximum Gasteiger partial charge on any atom is 0.132 e. The molecule has 0 fully saturated rings. The zero-order chi connectivity index (χ0) is 13.7. The summed E-state index contributed by atoms with van der Waals surface area (Å²) in [7, 11) is 1.87. The van der Waals surface area contributed by atoms with E-state index in [1.165, 1.54) is 0 Å². The van der Waals surface area contributed by atoms with E-state index in [0.717, 1.165) is 11.1 Å². The summed E-state index contributed by atoms with van der Waals surface area (Å²) in [6.07, 6.45) is 0. The third kappa shape index (κ3) is 3.47. The van der Waals surface area contributed by atoms with Gasteiger partial charge < -0.3 is 15.2 Å². The minimum atomic E-state index is -0.0538. The molecule has 0 saturated carbocycles. The fourth-order valence-corrected chi connectivity index (χ4v) is 2.02. The second-order valence-corrected chi connectivity index (χ2v) is 4.56. The van der Waals surface area contributed by atoms with Gasteiger partial charge in [-0.3, -0.25) is 0 Å². The van der Waals surface area contributed by atoms with Crippen molar-refractivity contribution in [2.75, 3.05) is 7.05 Å². The third-order valence-corrected chi connectivity index (χ3v) is 3.11. The molecule has 0 spiro atoms. The lowest BCUT2D eigenvalue weighted by Gasteiger charge is -2.11. The molecule has 19 heavy (non-hydrogen) atoms. The number of hydrogen-bond donors (Lipinski definition) is 2. The highest BCUT2D eigenvalue weighted by Crippen LogP contribution is 2.28. The fourth-order valence-electron chi connectivity index (χ4n) is 1.79. The minimum absolute atomic E-state index is 0.0538. The maximum atomic E-state index is 9.25. The molecule has 0 saturated heterocycles. The third-order valence-electron chi connectivity index (χ3n) is 2.76. The second-order valence-electron chi connectivity index (χ2n) is 4.15. The van der Waals surface area contributed by atoms with E-state index in [-0.39, 0.29) is 6.61 Å². The highest BCUT2D eigenvalue weighted by molar-refractivity contribution is 6.31. The van der Waals surface area contributed by atoms with Gasteiger partial charge in [-0.25, -0.2) is 0 Å². The lowest BCUT2D eigenvalue weighted by atomic mass is 10.2. The zero-order valence-corrected chi connectivity index (χ0v) is 11.4. The average Bonchev–Trinajstić information content (AvgIpc) is 2.43. The van der Waals surface area contributed by atoms with Crippen LogP contribution in [0.5, 0.6) is 11.5 Å². The van der Waals surface area contributed by atoms with Crippen LogP contribution in [0.1, 0.15) is 11.1 Å². The Bertz CT molecular complexity index is 558. The summed E-state index contributed by atoms with van der Waals surface area (Å²) in [6, 6.07) is 12.9. The first-order valence-electron chi connectivity index (χ1n) is 6.04. The Morgan fingerprint density at radius 1 is 1.16 bits per heavy atom. The molecule has 0 aromatic heterocycles. The highest BCUT2D eigenvalue weighted by Gasteiger charge is 2.06. The molecule has 0 bridgehead atoms. The van der Waals surface area contributed by atoms with Gasteiger partial charge >= 0.3 is 0 Å². The quantitative estimate of drug-likeness (QED) is 0.881. The molecule has 3 nitrogen and oxygen atoms in total. The zero-order valence-electron chi connectivity index (χ0n) is 10.7. The van der Waals surface area contributed by atoms with Crippen LogP contribution >= 0.6 is 11.6 Å². The fraction of sp³-hybridized carbons (Fsp3) is 0.200. The van der Waals surface area contributed by atoms with Crippen molar-refractivity contribution in [3.05, 3.63) is 58.6 Å². The number of hydrogen-bond acceptors (Lipinski definition) is 3. The van der Waals surface area contributed by atoms with Crippen LogP contribution in [0.3, 0.4) is 0 Å². The van der Waals surface area contributed by atoms with Crippen molar-refractivity contribution >= 4 is 11.6 Å². The van der Waals surface area contributed by atoms with E-state index in [0.29, 0.717) is 23.1 Å². The molecule has 0 aliphatic carbocycles. The molecular weight excluding hydrogens is 262 g/mol. The highest BCUT2D eigenvalue weighted by atomic mass is 35.5. The number of para-hydroxylation sites is 1. The van der Waals surface area contributed by atoms with E-state index in [9.17, 15) is 5.11 Å². The molecule has 0 atom stereocenters. The molecule has 0 amide bonds. The molecule has 100 valence electrons. The van der Waals surface area contributed by atoms with Crippen LogP contribution in [0.15, 0.2) is 42.5 Å². The molecule has 0 aliphatic heterocycles. The van der Waals surface area contributed by atoms with Crippen LogP contribution in [0, 0.1) is 0 Å². The Morgan fingerprint density at radius 2 is 1.95 bits per heavy atom. The second kappa shape index (κ2) is 6.57. The van der Waals surface area contributed by atoms with Crippen molar-refractivity contribution in [3.63, 3.8) is 0 Å². The van der Waals surface area contributed by atoms with Crippen molar-refractivity contribution in [3.8, 4) is 11.5 Å². The first-order valence-corrected chi connectivity index (χ1v) is 6.42. The molecule has 0 unspecified atom stereocenters. The van der Waals surface area contributed by atoms with E-state index in [1.807, 2.05) is 43.4 Å². The molecule has 0 aliphatic rings. The topological polar surface area (TPSA) is 41.5 Å². The van der Waals surface area contributed by atoms with Gasteiger partial charge in [0.15, 0.2) is 0 Å². The van der Waals surface area contributed by atoms with Crippen LogP contribution in [-0.2, 0) is 13.2 Å². The molecule has 0 heterocycles. The summed E-state index contributed by atoms with van der Waals surface area (Å²) in [5, 5.41) is 13.0. The summed E-state index contributed by atoms with van der Waals surface area (Å²) in [6.45, 7) is 0.661. The molecule has 2 aromatic carbocycles. The van der Waals surface area contributed by atoms with Gasteiger partial charge in [0.1, 0.15) is 11.5 Å². The first-order chi connectivity index (χ1) is 9.24. The van der Waals surface area contributed by atoms with Crippen LogP contribution in [0.25, 0.3) is 0 Å². The Hall–Kier alpha value is -1.55. The van der Waals surface area contributed by atoms with Gasteiger partial charge in [-0.1, -0.05) is 35.9 Å². The Kier molecular flexibility index (Phi) is 4.80. The number of rotatable bonds is 5. The predicted molar refractivity (Wildman–Crippen MR) is 76.7 cm³/mol. The summed E-state index contributed by atoms with van der Waals surface area (Å²) >= 11 is 6.18. The van der Waals surface area contributed by atoms with Crippen molar-refractivity contribution in [2.24, 2.45) is 0 Å². The number of aliphatic hydroxyl groups is 1. The van der Waals surface area contributed by atoms with Crippen LogP contribution < -0.4 is 10.1 Å². The number of nitrogens with one attached hydrogen (secondary N) is 1. The van der Waals surface area contributed by atoms with E-state index in [4.69, 9.17) is 16.3 Å². The lowest BCUT2D eigenvalue weighted by Crippen LogP contribution is -2.05. The van der Waals surface area contributed by atoms with Gasteiger partial charge in [0.25, 0.3) is 0 Å². The molecule has 0 radical (unpaired) electrons. The predicted octanol–water partition coefficient (Wildman–Crippen LogP) is 3.34. The number of benzene rings is 2. The average molecular weight is 278 g/mol. The van der Waals surface area contributed by atoms with Gasteiger partial charge in [0.2, 0.25) is 0 Å². The van der Waals surface area contributed by atoms with E-state index >= 15 is 0 Å². The molecular formula is C15H16ClNO2. The first kappa shape index (κ1) is 13.9. The monoisotopic (exact) mass is 277 g/mol. The Balaban J connectivity index is 2.21. The summed E-state index contributed by atoms with van der Waals surface area (Å²) in [4.78, 5) is 0. The van der Waals surface area contributed by atoms with Crippen molar-refractivity contribution in [1.82, 2.24) is 5.32 Å². The lowest BCUT2D eigenvalue weighted by molar-refractivity contribution is 0.276. The number of aliphatic hydroxyl groups excluding tert-OH is 1. The van der Waals surface area contributed by atoms with E-state index in [2.05, 4.69) is 5.32 Å². The van der Waals surface area contributed by atoms with Gasteiger partial charge in [-0.2, -0.15) is 0 Å². The van der Waals surface area contributed by atoms with E-state index < -0.39 is 0 Å².